The van der Waals surface area contributed by atoms with E-state index in [1.807, 2.05) is 11.8 Å². The number of anilines is 1. The molecule has 1 aromatic heterocycles. The van der Waals surface area contributed by atoms with Crippen molar-refractivity contribution in [2.45, 2.75) is 62.4 Å². The van der Waals surface area contributed by atoms with Crippen LogP contribution in [0.25, 0.3) is 32.8 Å². The SMILES string of the molecule is CCc1c(F)ccc2cc(O)cc(-c3ccc4c(N5CC6CCC(C5)C6S(C)(=O)=O)nc(OC[C@@]56CCCN5C[C@H](F)C6)nc4c3F)c12. The molecule has 8 rings (SSSR count). The molecule has 3 aliphatic heterocycles. The number of nitrogens with zero attached hydrogens (tertiary/aromatic N) is 4. The molecule has 3 aromatic carbocycles. The van der Waals surface area contributed by atoms with Gasteiger partial charge in [-0.2, -0.15) is 9.97 Å². The predicted molar refractivity (Wildman–Crippen MR) is 179 cm³/mol. The summed E-state index contributed by atoms with van der Waals surface area (Å²) in [7, 11) is -3.25. The lowest BCUT2D eigenvalue weighted by molar-refractivity contribution is 0.107. The van der Waals surface area contributed by atoms with Crippen LogP contribution in [0.3, 0.4) is 0 Å². The number of alkyl halides is 1. The summed E-state index contributed by atoms with van der Waals surface area (Å²) in [6.45, 7) is 4.04. The molecule has 4 aromatic rings. The van der Waals surface area contributed by atoms with Crippen molar-refractivity contribution in [3.8, 4) is 22.9 Å². The molecule has 8 nitrogen and oxygen atoms in total. The quantitative estimate of drug-likeness (QED) is 0.246. The van der Waals surface area contributed by atoms with E-state index in [0.717, 1.165) is 32.2 Å². The number of phenols is 1. The van der Waals surface area contributed by atoms with Gasteiger partial charge in [0.1, 0.15) is 35.7 Å². The van der Waals surface area contributed by atoms with Crippen LogP contribution in [0, 0.1) is 23.5 Å². The second-order valence-electron chi connectivity index (χ2n) is 14.3. The number of hydrogen-bond acceptors (Lipinski definition) is 8. The average molecular weight is 681 g/mol. The van der Waals surface area contributed by atoms with Crippen molar-refractivity contribution in [1.82, 2.24) is 14.9 Å². The maximum Gasteiger partial charge on any atom is 0.319 e. The van der Waals surface area contributed by atoms with E-state index in [4.69, 9.17) is 9.72 Å². The smallest absolute Gasteiger partial charge is 0.319 e. The summed E-state index contributed by atoms with van der Waals surface area (Å²) < 4.78 is 78.2. The summed E-state index contributed by atoms with van der Waals surface area (Å²) >= 11 is 0. The Kier molecular flexibility index (Phi) is 7.56. The van der Waals surface area contributed by atoms with Gasteiger partial charge in [-0.1, -0.05) is 19.1 Å². The molecule has 254 valence electrons. The molecule has 12 heteroatoms. The summed E-state index contributed by atoms with van der Waals surface area (Å²) in [5, 5.41) is 11.7. The van der Waals surface area contributed by atoms with Crippen LogP contribution >= 0.6 is 0 Å². The highest BCUT2D eigenvalue weighted by atomic mass is 32.2. The standard InChI is InChI=1S/C36H39F3N4O4S/c1-3-25-29(38)10-7-20-13-24(44)14-28(30(20)25)26-8-9-27-32(31(26)39)40-35(47-19-36-11-4-12-43(36)18-23(37)15-36)41-34(27)42-16-21-5-6-22(17-42)33(21)48(2,45)46/h7-10,13-14,21-23,33,44H,3-6,11-12,15-19H2,1-2H3/t21?,22?,23-,33?,36+/m1/s1. The average Bonchev–Trinajstić information content (AvgIpc) is 3.67. The van der Waals surface area contributed by atoms with E-state index in [1.54, 1.807) is 18.2 Å². The first kappa shape index (κ1) is 31.6. The maximum absolute atomic E-state index is 17.0. The van der Waals surface area contributed by atoms with E-state index in [0.29, 0.717) is 65.6 Å². The third-order valence-corrected chi connectivity index (χ3v) is 13.1. The van der Waals surface area contributed by atoms with E-state index < -0.39 is 38.4 Å². The number of rotatable bonds is 7. The van der Waals surface area contributed by atoms with Gasteiger partial charge in [-0.3, -0.25) is 4.90 Å². The molecule has 1 aliphatic carbocycles. The second kappa shape index (κ2) is 11.5. The molecule has 0 radical (unpaired) electrons. The van der Waals surface area contributed by atoms with Gasteiger partial charge in [0.25, 0.3) is 0 Å². The predicted octanol–water partition coefficient (Wildman–Crippen LogP) is 6.21. The van der Waals surface area contributed by atoms with Gasteiger partial charge in [-0.15, -0.1) is 0 Å². The topological polar surface area (TPSA) is 95.9 Å². The first-order chi connectivity index (χ1) is 23.0. The Morgan fingerprint density at radius 1 is 1.04 bits per heavy atom. The number of fused-ring (bicyclic) bond motifs is 5. The highest BCUT2D eigenvalue weighted by molar-refractivity contribution is 7.91. The summed E-state index contributed by atoms with van der Waals surface area (Å²) in [5.74, 6) is -0.855. The number of benzene rings is 3. The van der Waals surface area contributed by atoms with Crippen LogP contribution < -0.4 is 9.64 Å². The summed E-state index contributed by atoms with van der Waals surface area (Å²) in [5.41, 5.74) is 0.447. The second-order valence-corrected chi connectivity index (χ2v) is 16.5. The zero-order valence-corrected chi connectivity index (χ0v) is 27.9. The number of sulfone groups is 1. The molecular weight excluding hydrogens is 641 g/mol. The molecule has 48 heavy (non-hydrogen) atoms. The van der Waals surface area contributed by atoms with Crippen LogP contribution in [-0.2, 0) is 16.3 Å². The van der Waals surface area contributed by atoms with Gasteiger partial charge >= 0.3 is 6.01 Å². The van der Waals surface area contributed by atoms with Gasteiger partial charge in [0.2, 0.25) is 0 Å². The normalized spacial score (nSPS) is 27.3. The van der Waals surface area contributed by atoms with Crippen molar-refractivity contribution >= 4 is 37.3 Å². The number of ether oxygens (including phenoxy) is 1. The molecule has 2 unspecified atom stereocenters. The summed E-state index contributed by atoms with van der Waals surface area (Å²) in [6, 6.07) is 9.22. The number of aromatic nitrogens is 2. The minimum Gasteiger partial charge on any atom is -0.508 e. The van der Waals surface area contributed by atoms with Crippen molar-refractivity contribution in [2.75, 3.05) is 43.9 Å². The summed E-state index contributed by atoms with van der Waals surface area (Å²) in [4.78, 5) is 13.6. The minimum absolute atomic E-state index is 0.00611. The first-order valence-electron chi connectivity index (χ1n) is 16.9. The van der Waals surface area contributed by atoms with Crippen LogP contribution in [-0.4, -0.2) is 84.4 Å². The van der Waals surface area contributed by atoms with Crippen LogP contribution in [0.5, 0.6) is 11.8 Å². The third-order valence-electron chi connectivity index (χ3n) is 11.3. The van der Waals surface area contributed by atoms with Gasteiger partial charge in [0.15, 0.2) is 15.7 Å². The van der Waals surface area contributed by atoms with E-state index in [1.165, 1.54) is 24.5 Å². The number of piperidine rings is 1. The van der Waals surface area contributed by atoms with Gasteiger partial charge < -0.3 is 14.7 Å². The van der Waals surface area contributed by atoms with Crippen molar-refractivity contribution in [1.29, 1.82) is 0 Å². The van der Waals surface area contributed by atoms with Crippen LogP contribution in [0.4, 0.5) is 19.0 Å². The van der Waals surface area contributed by atoms with E-state index in [-0.39, 0.29) is 41.3 Å². The molecule has 4 aliphatic rings. The molecule has 4 atom stereocenters. The number of halogens is 3. The Hall–Kier alpha value is -3.64. The van der Waals surface area contributed by atoms with Crippen molar-refractivity contribution in [3.63, 3.8) is 0 Å². The number of aryl methyl sites for hydroxylation is 1. The molecule has 4 fully saturated rings. The van der Waals surface area contributed by atoms with Gasteiger partial charge in [-0.25, -0.2) is 21.6 Å². The van der Waals surface area contributed by atoms with Crippen LogP contribution in [0.1, 0.15) is 44.6 Å². The molecular formula is C36H39F3N4O4S. The lowest BCUT2D eigenvalue weighted by Crippen LogP contribution is -2.48. The van der Waals surface area contributed by atoms with Gasteiger partial charge in [0, 0.05) is 43.3 Å². The number of phenolic OH excluding ortho intramolecular Hbond substituents is 1. The van der Waals surface area contributed by atoms with E-state index in [9.17, 15) is 17.9 Å². The lowest BCUT2D eigenvalue weighted by Gasteiger charge is -2.38. The fourth-order valence-corrected chi connectivity index (χ4v) is 11.2. The highest BCUT2D eigenvalue weighted by Gasteiger charge is 2.50. The van der Waals surface area contributed by atoms with Gasteiger partial charge in [-0.05, 0) is 96.6 Å². The fourth-order valence-electron chi connectivity index (χ4n) is 9.39. The monoisotopic (exact) mass is 680 g/mol. The molecule has 0 amide bonds. The van der Waals surface area contributed by atoms with Crippen LogP contribution in [0.15, 0.2) is 36.4 Å². The van der Waals surface area contributed by atoms with Crippen molar-refractivity contribution in [3.05, 3.63) is 53.6 Å². The number of hydrogen-bond donors (Lipinski definition) is 1. The Balaban J connectivity index is 1.27. The zero-order chi connectivity index (χ0) is 33.5. The van der Waals surface area contributed by atoms with Crippen molar-refractivity contribution < 1.29 is 31.4 Å². The maximum atomic E-state index is 17.0. The first-order valence-corrected chi connectivity index (χ1v) is 18.8. The Morgan fingerprint density at radius 3 is 2.54 bits per heavy atom. The number of aromatic hydroxyl groups is 1. The zero-order valence-electron chi connectivity index (χ0n) is 27.1. The highest BCUT2D eigenvalue weighted by Crippen LogP contribution is 2.45. The van der Waals surface area contributed by atoms with E-state index in [2.05, 4.69) is 9.88 Å². The minimum atomic E-state index is -3.25. The Bertz CT molecular complexity index is 2050. The third kappa shape index (κ3) is 5.09. The molecule has 3 saturated heterocycles. The molecule has 1 saturated carbocycles. The Labute approximate surface area is 277 Å². The molecule has 2 bridgehead atoms. The van der Waals surface area contributed by atoms with Crippen LogP contribution in [0.2, 0.25) is 0 Å². The lowest BCUT2D eigenvalue weighted by atomic mass is 9.92. The van der Waals surface area contributed by atoms with E-state index >= 15 is 8.78 Å². The molecule has 0 spiro atoms. The fraction of sp³-hybridized carbons (Fsp3) is 0.500. The van der Waals surface area contributed by atoms with Crippen molar-refractivity contribution in [2.24, 2.45) is 11.8 Å². The summed E-state index contributed by atoms with van der Waals surface area (Å²) in [6.07, 6.45) is 4.38. The largest absolute Gasteiger partial charge is 0.508 e. The van der Waals surface area contributed by atoms with Gasteiger partial charge in [0.05, 0.1) is 10.8 Å². The Morgan fingerprint density at radius 2 is 1.81 bits per heavy atom. The molecule has 1 N–H and O–H groups in total. The molecule has 4 heterocycles.